The number of nitrogens with zero attached hydrogens (tertiary/aromatic N) is 2. The zero-order valence-electron chi connectivity index (χ0n) is 9.18. The summed E-state index contributed by atoms with van der Waals surface area (Å²) in [7, 11) is 0. The third-order valence-corrected chi connectivity index (χ3v) is 2.87. The summed E-state index contributed by atoms with van der Waals surface area (Å²) in [4.78, 5) is 24.9. The molecule has 0 bridgehead atoms. The van der Waals surface area contributed by atoms with E-state index in [9.17, 15) is 9.59 Å². The highest BCUT2D eigenvalue weighted by atomic mass is 79.9. The summed E-state index contributed by atoms with van der Waals surface area (Å²) in [5, 5.41) is 8.75. The first-order chi connectivity index (χ1) is 8.60. The number of aromatic nitrogens is 2. The molecule has 2 rings (SSSR count). The van der Waals surface area contributed by atoms with Crippen LogP contribution in [-0.4, -0.2) is 9.55 Å². The third kappa shape index (κ3) is 2.57. The smallest absolute Gasteiger partial charge is 0.295 e. The average Bonchev–Trinajstić information content (AvgIpc) is 2.33. The molecule has 0 aliphatic rings. The zero-order chi connectivity index (χ0) is 13.1. The Hall–Kier alpha value is -2.13. The first kappa shape index (κ1) is 12.3. The van der Waals surface area contributed by atoms with Crippen LogP contribution >= 0.6 is 15.9 Å². The molecule has 18 heavy (non-hydrogen) atoms. The summed E-state index contributed by atoms with van der Waals surface area (Å²) in [5.74, 6) is 0. The van der Waals surface area contributed by atoms with Crippen LogP contribution in [-0.2, 0) is 6.54 Å². The van der Waals surface area contributed by atoms with E-state index in [1.165, 1.54) is 10.8 Å². The molecular weight excluding hydrogens is 298 g/mol. The molecule has 0 aliphatic carbocycles. The van der Waals surface area contributed by atoms with E-state index in [1.807, 2.05) is 24.3 Å². The van der Waals surface area contributed by atoms with Crippen molar-refractivity contribution in [3.8, 4) is 6.07 Å². The van der Waals surface area contributed by atoms with Gasteiger partial charge in [0, 0.05) is 10.7 Å². The van der Waals surface area contributed by atoms with Gasteiger partial charge in [0.05, 0.1) is 6.54 Å². The Bertz CT molecular complexity index is 740. The second-order valence-corrected chi connectivity index (χ2v) is 4.59. The molecule has 0 saturated carbocycles. The molecule has 6 heteroatoms. The molecule has 0 atom stereocenters. The molecule has 2 aromatic rings. The van der Waals surface area contributed by atoms with E-state index in [1.54, 1.807) is 6.07 Å². The lowest BCUT2D eigenvalue weighted by molar-refractivity contribution is 0.717. The van der Waals surface area contributed by atoms with E-state index in [0.29, 0.717) is 6.54 Å². The molecule has 0 fully saturated rings. The number of hydrogen-bond donors (Lipinski definition) is 1. The van der Waals surface area contributed by atoms with Crippen LogP contribution in [0.2, 0.25) is 0 Å². The van der Waals surface area contributed by atoms with Crippen LogP contribution < -0.4 is 11.2 Å². The lowest BCUT2D eigenvalue weighted by Crippen LogP contribution is -2.31. The SMILES string of the molecule is N#Cc1cn(Cc2cccc(Br)c2)c(=O)[nH]c1=O. The van der Waals surface area contributed by atoms with Crippen molar-refractivity contribution in [1.82, 2.24) is 9.55 Å². The van der Waals surface area contributed by atoms with Gasteiger partial charge < -0.3 is 0 Å². The number of benzene rings is 1. The van der Waals surface area contributed by atoms with E-state index >= 15 is 0 Å². The van der Waals surface area contributed by atoms with Crippen molar-refractivity contribution in [3.63, 3.8) is 0 Å². The molecule has 1 N–H and O–H groups in total. The standard InChI is InChI=1S/C12H8BrN3O2/c13-10-3-1-2-8(4-10)6-16-7-9(5-14)11(17)15-12(16)18/h1-4,7H,6H2,(H,15,17,18). The Kier molecular flexibility index (Phi) is 3.44. The van der Waals surface area contributed by atoms with E-state index < -0.39 is 11.2 Å². The van der Waals surface area contributed by atoms with Gasteiger partial charge in [0.25, 0.3) is 5.56 Å². The number of aromatic amines is 1. The first-order valence-electron chi connectivity index (χ1n) is 5.08. The Morgan fingerprint density at radius 2 is 2.17 bits per heavy atom. The minimum atomic E-state index is -0.659. The maximum absolute atomic E-state index is 11.6. The molecule has 0 amide bonds. The molecule has 90 valence electrons. The van der Waals surface area contributed by atoms with E-state index in [-0.39, 0.29) is 5.56 Å². The van der Waals surface area contributed by atoms with Gasteiger partial charge in [-0.25, -0.2) is 4.79 Å². The van der Waals surface area contributed by atoms with Gasteiger partial charge in [-0.05, 0) is 17.7 Å². The quantitative estimate of drug-likeness (QED) is 0.906. The molecule has 0 unspecified atom stereocenters. The second kappa shape index (κ2) is 5.02. The normalized spacial score (nSPS) is 10.0. The summed E-state index contributed by atoms with van der Waals surface area (Å²) in [6.45, 7) is 0.295. The van der Waals surface area contributed by atoms with Crippen molar-refractivity contribution in [2.45, 2.75) is 6.54 Å². The summed E-state index contributed by atoms with van der Waals surface area (Å²) in [5.41, 5.74) is -0.376. The number of halogens is 1. The van der Waals surface area contributed by atoms with Crippen molar-refractivity contribution in [1.29, 1.82) is 5.26 Å². The molecule has 1 aromatic carbocycles. The van der Waals surface area contributed by atoms with Gasteiger partial charge in [0.15, 0.2) is 0 Å². The predicted molar refractivity (Wildman–Crippen MR) is 69.3 cm³/mol. The third-order valence-electron chi connectivity index (χ3n) is 2.37. The average molecular weight is 306 g/mol. The molecule has 0 aliphatic heterocycles. The van der Waals surface area contributed by atoms with Crippen LogP contribution in [0.4, 0.5) is 0 Å². The van der Waals surface area contributed by atoms with E-state index in [2.05, 4.69) is 20.9 Å². The molecule has 1 heterocycles. The Morgan fingerprint density at radius 1 is 1.39 bits per heavy atom. The summed E-state index contributed by atoms with van der Waals surface area (Å²) in [6.07, 6.45) is 1.27. The van der Waals surface area contributed by atoms with Gasteiger partial charge in [-0.2, -0.15) is 5.26 Å². The summed E-state index contributed by atoms with van der Waals surface area (Å²) in [6, 6.07) is 9.19. The monoisotopic (exact) mass is 305 g/mol. The minimum Gasteiger partial charge on any atom is -0.295 e. The largest absolute Gasteiger partial charge is 0.328 e. The number of hydrogen-bond acceptors (Lipinski definition) is 3. The highest BCUT2D eigenvalue weighted by Gasteiger charge is 2.04. The van der Waals surface area contributed by atoms with Gasteiger partial charge in [-0.15, -0.1) is 0 Å². The number of nitriles is 1. The number of rotatable bonds is 2. The molecular formula is C12H8BrN3O2. The highest BCUT2D eigenvalue weighted by Crippen LogP contribution is 2.12. The molecule has 0 saturated heterocycles. The van der Waals surface area contributed by atoms with Gasteiger partial charge in [-0.1, -0.05) is 28.1 Å². The Balaban J connectivity index is 2.44. The predicted octanol–water partition coefficient (Wildman–Crippen LogP) is 1.22. The van der Waals surface area contributed by atoms with Crippen molar-refractivity contribution in [3.05, 3.63) is 66.9 Å². The second-order valence-electron chi connectivity index (χ2n) is 3.67. The maximum atomic E-state index is 11.6. The number of nitrogens with one attached hydrogen (secondary N) is 1. The minimum absolute atomic E-state index is 0.0791. The van der Waals surface area contributed by atoms with Crippen LogP contribution in [0.25, 0.3) is 0 Å². The van der Waals surface area contributed by atoms with Crippen LogP contribution in [0.5, 0.6) is 0 Å². The van der Waals surface area contributed by atoms with Crippen molar-refractivity contribution >= 4 is 15.9 Å². The fraction of sp³-hybridized carbons (Fsp3) is 0.0833. The first-order valence-corrected chi connectivity index (χ1v) is 5.88. The van der Waals surface area contributed by atoms with Crippen LogP contribution in [0, 0.1) is 11.3 Å². The van der Waals surface area contributed by atoms with Crippen LogP contribution in [0.1, 0.15) is 11.1 Å². The lowest BCUT2D eigenvalue weighted by atomic mass is 10.2. The van der Waals surface area contributed by atoms with Gasteiger partial charge in [0.1, 0.15) is 11.6 Å². The molecule has 0 spiro atoms. The van der Waals surface area contributed by atoms with Crippen molar-refractivity contribution in [2.75, 3.05) is 0 Å². The van der Waals surface area contributed by atoms with Gasteiger partial charge in [-0.3, -0.25) is 14.3 Å². The van der Waals surface area contributed by atoms with Crippen molar-refractivity contribution in [2.24, 2.45) is 0 Å². The van der Waals surface area contributed by atoms with Gasteiger partial charge in [0.2, 0.25) is 0 Å². The lowest BCUT2D eigenvalue weighted by Gasteiger charge is -2.05. The van der Waals surface area contributed by atoms with Crippen LogP contribution in [0.3, 0.4) is 0 Å². The number of H-pyrrole nitrogens is 1. The Morgan fingerprint density at radius 3 is 2.83 bits per heavy atom. The molecule has 1 aromatic heterocycles. The van der Waals surface area contributed by atoms with E-state index in [4.69, 9.17) is 5.26 Å². The van der Waals surface area contributed by atoms with Gasteiger partial charge >= 0.3 is 5.69 Å². The maximum Gasteiger partial charge on any atom is 0.328 e. The topological polar surface area (TPSA) is 78.7 Å². The summed E-state index contributed by atoms with van der Waals surface area (Å²) < 4.78 is 2.19. The molecule has 5 nitrogen and oxygen atoms in total. The molecule has 0 radical (unpaired) electrons. The van der Waals surface area contributed by atoms with Crippen LogP contribution in [0.15, 0.2) is 44.5 Å². The summed E-state index contributed by atoms with van der Waals surface area (Å²) >= 11 is 3.34. The highest BCUT2D eigenvalue weighted by molar-refractivity contribution is 9.10. The fourth-order valence-corrected chi connectivity index (χ4v) is 1.99. The van der Waals surface area contributed by atoms with Crippen molar-refractivity contribution < 1.29 is 0 Å². The van der Waals surface area contributed by atoms with E-state index in [0.717, 1.165) is 10.0 Å². The Labute approximate surface area is 110 Å². The fourth-order valence-electron chi connectivity index (χ4n) is 1.54. The zero-order valence-corrected chi connectivity index (χ0v) is 10.8.